The summed E-state index contributed by atoms with van der Waals surface area (Å²) in [4.78, 5) is 13.2. The summed E-state index contributed by atoms with van der Waals surface area (Å²) in [7, 11) is -1.42. The third kappa shape index (κ3) is 6.00. The average Bonchev–Trinajstić information content (AvgIpc) is 3.37. The van der Waals surface area contributed by atoms with Crippen LogP contribution in [-0.4, -0.2) is 22.3 Å². The van der Waals surface area contributed by atoms with Crippen LogP contribution in [0, 0.1) is 0 Å². The molecular weight excluding hydrogens is 474 g/mol. The molecule has 3 N–H and O–H groups in total. The number of nitrogens with one attached hydrogen (secondary N) is 1. The number of carbonyl (C=O) groups excluding carboxylic acids is 1. The zero-order chi connectivity index (χ0) is 24.0. The summed E-state index contributed by atoms with van der Waals surface area (Å²) in [5, 5.41) is 0. The van der Waals surface area contributed by atoms with Crippen molar-refractivity contribution >= 4 is 22.5 Å². The summed E-state index contributed by atoms with van der Waals surface area (Å²) in [6, 6.07) is 30.9. The van der Waals surface area contributed by atoms with Crippen molar-refractivity contribution in [3.63, 3.8) is 0 Å². The highest BCUT2D eigenvalue weighted by molar-refractivity contribution is 7.86. The van der Waals surface area contributed by atoms with Gasteiger partial charge >= 0.3 is 0 Å². The summed E-state index contributed by atoms with van der Waals surface area (Å²) < 4.78 is 26.9. The molecule has 0 aliphatic carbocycles. The van der Waals surface area contributed by atoms with Gasteiger partial charge in [-0.3, -0.25) is 4.79 Å². The molecule has 1 aliphatic rings. The molecule has 0 spiro atoms. The number of hydrogen-bond donors (Lipinski definition) is 1. The van der Waals surface area contributed by atoms with Gasteiger partial charge < -0.3 is 19.7 Å². The summed E-state index contributed by atoms with van der Waals surface area (Å²) in [6.45, 7) is 0.246. The maximum absolute atomic E-state index is 13.1. The van der Waals surface area contributed by atoms with Crippen molar-refractivity contribution in [2.24, 2.45) is 0 Å². The number of ether oxygens (including phenoxy) is 2. The van der Waals surface area contributed by atoms with Crippen molar-refractivity contribution in [1.82, 2.24) is 0 Å². The summed E-state index contributed by atoms with van der Waals surface area (Å²) in [5.41, 5.74) is 4.68. The third-order valence-corrected chi connectivity index (χ3v) is 7.04. The maximum atomic E-state index is 13.1. The third-order valence-electron chi connectivity index (χ3n) is 5.87. The summed E-state index contributed by atoms with van der Waals surface area (Å²) >= 11 is 0. The van der Waals surface area contributed by atoms with Crippen LogP contribution in [0.3, 0.4) is 0 Å². The Morgan fingerprint density at radius 2 is 1.50 bits per heavy atom. The van der Waals surface area contributed by atoms with Gasteiger partial charge in [-0.05, 0) is 59.0 Å². The van der Waals surface area contributed by atoms with Crippen molar-refractivity contribution in [3.8, 4) is 22.6 Å². The lowest BCUT2D eigenvalue weighted by Crippen LogP contribution is -2.07. The molecule has 7 heteroatoms. The first kappa shape index (κ1) is 25.2. The Kier molecular flexibility index (Phi) is 8.15. The molecule has 0 saturated heterocycles. The molecule has 6 nitrogen and oxygen atoms in total. The van der Waals surface area contributed by atoms with Crippen molar-refractivity contribution < 1.29 is 24.0 Å². The van der Waals surface area contributed by atoms with Crippen LogP contribution < -0.4 is 14.2 Å². The monoisotopic (exact) mass is 501 g/mol. The minimum Gasteiger partial charge on any atom is -0.454 e. The van der Waals surface area contributed by atoms with Crippen LogP contribution in [0.15, 0.2) is 102 Å². The summed E-state index contributed by atoms with van der Waals surface area (Å²) in [5.74, 6) is 1.66. The number of Topliss-reactive ketones (excluding diaryl/α,β-unsaturated/α-hetero) is 1. The lowest BCUT2D eigenvalue weighted by molar-refractivity contribution is -0.118. The SMILES string of the molecule is O.O=C(CCc1ccc2c(c1)OCO2)Cc1ccc(NS(=O)c2ccccc2-c2ccccc2)cc1. The van der Waals surface area contributed by atoms with Gasteiger partial charge in [0.25, 0.3) is 0 Å². The lowest BCUT2D eigenvalue weighted by Gasteiger charge is -2.11. The predicted molar refractivity (Wildman–Crippen MR) is 142 cm³/mol. The zero-order valence-electron chi connectivity index (χ0n) is 19.6. The molecule has 1 unspecified atom stereocenters. The van der Waals surface area contributed by atoms with Crippen LogP contribution in [0.4, 0.5) is 5.69 Å². The number of carbonyl (C=O) groups is 1. The Morgan fingerprint density at radius 1 is 0.806 bits per heavy atom. The van der Waals surface area contributed by atoms with Gasteiger partial charge in [0.2, 0.25) is 6.79 Å². The molecule has 4 aromatic rings. The molecule has 36 heavy (non-hydrogen) atoms. The van der Waals surface area contributed by atoms with Gasteiger partial charge in [0, 0.05) is 18.5 Å². The normalized spacial score (nSPS) is 12.4. The number of aryl methyl sites for hydroxylation is 1. The molecule has 1 aliphatic heterocycles. The quantitative estimate of drug-likeness (QED) is 0.344. The van der Waals surface area contributed by atoms with Gasteiger partial charge in [0.05, 0.1) is 4.90 Å². The van der Waals surface area contributed by atoms with Crippen LogP contribution >= 0.6 is 0 Å². The molecule has 0 amide bonds. The smallest absolute Gasteiger partial charge is 0.231 e. The number of anilines is 1. The fraction of sp³-hybridized carbons (Fsp3) is 0.138. The van der Waals surface area contributed by atoms with E-state index in [-0.39, 0.29) is 18.1 Å². The van der Waals surface area contributed by atoms with Crippen LogP contribution in [0.1, 0.15) is 17.5 Å². The van der Waals surface area contributed by atoms with Crippen molar-refractivity contribution in [2.45, 2.75) is 24.2 Å². The Bertz CT molecular complexity index is 1360. The van der Waals surface area contributed by atoms with E-state index in [1.54, 1.807) is 0 Å². The number of rotatable bonds is 9. The average molecular weight is 502 g/mol. The Morgan fingerprint density at radius 3 is 2.31 bits per heavy atom. The fourth-order valence-electron chi connectivity index (χ4n) is 4.03. The van der Waals surface area contributed by atoms with E-state index >= 15 is 0 Å². The molecule has 0 aromatic heterocycles. The highest BCUT2D eigenvalue weighted by Crippen LogP contribution is 2.33. The van der Waals surface area contributed by atoms with E-state index in [0.717, 1.165) is 44.3 Å². The Balaban J connectivity index is 0.00000304. The van der Waals surface area contributed by atoms with E-state index in [1.807, 2.05) is 97.1 Å². The van der Waals surface area contributed by atoms with Gasteiger partial charge in [0.15, 0.2) is 22.5 Å². The Labute approximate surface area is 212 Å². The minimum atomic E-state index is -1.42. The van der Waals surface area contributed by atoms with Gasteiger partial charge in [-0.25, -0.2) is 4.21 Å². The van der Waals surface area contributed by atoms with E-state index < -0.39 is 11.0 Å². The van der Waals surface area contributed by atoms with Crippen LogP contribution in [0.5, 0.6) is 11.5 Å². The number of benzene rings is 4. The molecule has 4 aromatic carbocycles. The number of hydrogen-bond acceptors (Lipinski definition) is 4. The van der Waals surface area contributed by atoms with E-state index in [2.05, 4.69) is 4.72 Å². The standard InChI is InChI=1S/C29H25NO4S.H2O/c31-25(16-12-22-13-17-27-28(19-22)34-20-33-27)18-21-10-14-24(15-11-21)30-35(32)29-9-5-4-8-26(29)23-6-2-1-3-7-23;/h1-11,13-15,17,19,30H,12,16,18,20H2;1H2. The van der Waals surface area contributed by atoms with Gasteiger partial charge in [-0.1, -0.05) is 66.7 Å². The van der Waals surface area contributed by atoms with E-state index in [1.165, 1.54) is 0 Å². The minimum absolute atomic E-state index is 0. The lowest BCUT2D eigenvalue weighted by atomic mass is 10.0. The second kappa shape index (κ2) is 11.7. The molecule has 0 radical (unpaired) electrons. The van der Waals surface area contributed by atoms with Crippen LogP contribution in [0.25, 0.3) is 11.1 Å². The molecular formula is C29H27NO5S. The molecule has 1 atom stereocenters. The second-order valence-electron chi connectivity index (χ2n) is 8.33. The van der Waals surface area contributed by atoms with Crippen molar-refractivity contribution in [3.05, 3.63) is 108 Å². The molecule has 0 fully saturated rings. The number of ketones is 1. The largest absolute Gasteiger partial charge is 0.454 e. The van der Waals surface area contributed by atoms with E-state index in [4.69, 9.17) is 9.47 Å². The second-order valence-corrected chi connectivity index (χ2v) is 9.51. The van der Waals surface area contributed by atoms with Crippen molar-refractivity contribution in [1.29, 1.82) is 0 Å². The van der Waals surface area contributed by atoms with E-state index in [9.17, 15) is 9.00 Å². The van der Waals surface area contributed by atoms with Gasteiger partial charge in [-0.15, -0.1) is 0 Å². The first-order valence-electron chi connectivity index (χ1n) is 11.5. The topological polar surface area (TPSA) is 96.1 Å². The van der Waals surface area contributed by atoms with Crippen LogP contribution in [-0.2, 0) is 28.6 Å². The zero-order valence-corrected chi connectivity index (χ0v) is 20.4. The molecule has 5 rings (SSSR count). The van der Waals surface area contributed by atoms with Crippen molar-refractivity contribution in [2.75, 3.05) is 11.5 Å². The fourth-order valence-corrected chi connectivity index (χ4v) is 5.08. The molecule has 184 valence electrons. The van der Waals surface area contributed by atoms with Crippen LogP contribution in [0.2, 0.25) is 0 Å². The van der Waals surface area contributed by atoms with Gasteiger partial charge in [0.1, 0.15) is 5.78 Å². The molecule has 0 bridgehead atoms. The first-order valence-corrected chi connectivity index (χ1v) is 12.6. The number of fused-ring (bicyclic) bond motifs is 1. The summed E-state index contributed by atoms with van der Waals surface area (Å²) in [6.07, 6.45) is 1.49. The maximum Gasteiger partial charge on any atom is 0.231 e. The van der Waals surface area contributed by atoms with Gasteiger partial charge in [-0.2, -0.15) is 0 Å². The molecule has 1 heterocycles. The molecule has 0 saturated carbocycles. The Hall–Kier alpha value is -3.94. The first-order chi connectivity index (χ1) is 17.2. The van der Waals surface area contributed by atoms with E-state index in [0.29, 0.717) is 19.3 Å². The highest BCUT2D eigenvalue weighted by atomic mass is 32.2. The predicted octanol–water partition coefficient (Wildman–Crippen LogP) is 5.14. The highest BCUT2D eigenvalue weighted by Gasteiger charge is 2.14.